The van der Waals surface area contributed by atoms with Crippen LogP contribution in [-0.4, -0.2) is 91.8 Å². The van der Waals surface area contributed by atoms with Crippen molar-refractivity contribution in [1.29, 1.82) is 0 Å². The maximum atomic E-state index is 14.8. The van der Waals surface area contributed by atoms with Gasteiger partial charge < -0.3 is 19.1 Å². The van der Waals surface area contributed by atoms with Crippen molar-refractivity contribution in [2.24, 2.45) is 5.92 Å². The summed E-state index contributed by atoms with van der Waals surface area (Å²) in [7, 11) is 1.32. The number of aromatic nitrogens is 1. The van der Waals surface area contributed by atoms with Crippen LogP contribution in [0.1, 0.15) is 81.4 Å². The fraction of sp³-hybridized carbons (Fsp3) is 0.568. The summed E-state index contributed by atoms with van der Waals surface area (Å²) in [5.74, 6) is 0.230. The van der Waals surface area contributed by atoms with E-state index in [2.05, 4.69) is 56.5 Å². The molecule has 1 aromatic carbocycles. The average molecular weight is 674 g/mol. The zero-order valence-electron chi connectivity index (χ0n) is 28.5. The van der Waals surface area contributed by atoms with Gasteiger partial charge in [0, 0.05) is 62.3 Å². The number of fused-ring (bicyclic) bond motifs is 8. The van der Waals surface area contributed by atoms with Gasteiger partial charge >= 0.3 is 10.2 Å². The van der Waals surface area contributed by atoms with E-state index in [0.29, 0.717) is 24.5 Å². The van der Waals surface area contributed by atoms with E-state index < -0.39 is 16.1 Å². The van der Waals surface area contributed by atoms with Gasteiger partial charge in [-0.15, -0.1) is 0 Å². The van der Waals surface area contributed by atoms with Crippen LogP contribution in [0, 0.1) is 5.92 Å². The van der Waals surface area contributed by atoms with Crippen LogP contribution < -0.4 is 9.46 Å². The molecule has 4 atom stereocenters. The summed E-state index contributed by atoms with van der Waals surface area (Å²) in [5, 5.41) is 1.04. The van der Waals surface area contributed by atoms with Gasteiger partial charge in [0.2, 0.25) is 5.91 Å². The first-order chi connectivity index (χ1) is 23.1. The van der Waals surface area contributed by atoms with Crippen molar-refractivity contribution < 1.29 is 22.7 Å². The van der Waals surface area contributed by atoms with Crippen LogP contribution in [-0.2, 0) is 26.3 Å². The summed E-state index contributed by atoms with van der Waals surface area (Å²) in [6.07, 6.45) is 12.8. The monoisotopic (exact) mass is 673 g/mol. The lowest BCUT2D eigenvalue weighted by molar-refractivity contribution is -0.141. The fourth-order valence-electron chi connectivity index (χ4n) is 9.59. The molecule has 4 heterocycles. The van der Waals surface area contributed by atoms with Crippen LogP contribution >= 0.6 is 0 Å². The third-order valence-corrected chi connectivity index (χ3v) is 13.5. The number of ether oxygens (including phenoxy) is 1. The van der Waals surface area contributed by atoms with Gasteiger partial charge in [0.25, 0.3) is 5.91 Å². The predicted molar refractivity (Wildman–Crippen MR) is 185 cm³/mol. The molecule has 3 fully saturated rings. The molecule has 3 aliphatic heterocycles. The third-order valence-electron chi connectivity index (χ3n) is 12.0. The van der Waals surface area contributed by atoms with Crippen molar-refractivity contribution in [3.63, 3.8) is 0 Å². The van der Waals surface area contributed by atoms with Crippen LogP contribution in [0.15, 0.2) is 52.6 Å². The van der Waals surface area contributed by atoms with Crippen LogP contribution in [0.3, 0.4) is 0 Å². The van der Waals surface area contributed by atoms with E-state index in [-0.39, 0.29) is 36.4 Å². The third kappa shape index (κ3) is 4.98. The molecule has 0 radical (unpaired) electrons. The van der Waals surface area contributed by atoms with E-state index in [9.17, 15) is 18.0 Å². The highest BCUT2D eigenvalue weighted by atomic mass is 32.2. The van der Waals surface area contributed by atoms with Crippen LogP contribution in [0.25, 0.3) is 10.9 Å². The van der Waals surface area contributed by atoms with Crippen LogP contribution in [0.5, 0.6) is 5.75 Å². The minimum atomic E-state index is -3.99. The summed E-state index contributed by atoms with van der Waals surface area (Å²) in [6.45, 7) is 4.21. The lowest BCUT2D eigenvalue weighted by Gasteiger charge is -2.43. The SMILES string of the molecule is CCN(C)S(=O)(=O)NC(=O)C1=C2Cn3c(cc4c(OC)ccc(C5CCCCC5)c43)C3C(=C21)C=CC[C@H]3C(=O)N1C2CCC1CN(C)C2. The summed E-state index contributed by atoms with van der Waals surface area (Å²) in [6, 6.07) is 6.99. The molecular weight excluding hydrogens is 627 g/mol. The Kier molecular flexibility index (Phi) is 7.88. The highest BCUT2D eigenvalue weighted by molar-refractivity contribution is 7.87. The Morgan fingerprint density at radius 3 is 2.48 bits per heavy atom. The number of likely N-dealkylation sites (tertiary alicyclic amines) is 1. The van der Waals surface area contributed by atoms with Crippen molar-refractivity contribution >= 4 is 32.9 Å². The first-order valence-corrected chi connectivity index (χ1v) is 19.2. The standard InChI is InChI=1S/C37H47N5O5S/c1-5-40(3)48(45,46)38-36(43)34-29-21-41-30(18-28-31(47-4)17-16-25(35(28)41)22-10-7-6-8-11-22)32-26(33(29)34)12-9-13-27(32)37(44)42-23-14-15-24(42)20-39(2)19-23/h9,12,16-18,22-24,27,32H,5-8,10-11,13-15,19-21H2,1-4H3,(H,38,43)/t23?,24?,27-,32?/m1/s1. The molecule has 11 heteroatoms. The topological polar surface area (TPSA) is 104 Å². The largest absolute Gasteiger partial charge is 0.496 e. The number of amides is 2. The number of rotatable bonds is 7. The number of carbonyl (C=O) groups excluding carboxylic acids is 2. The maximum absolute atomic E-state index is 14.8. The molecule has 1 aromatic heterocycles. The Balaban J connectivity index is 1.29. The van der Waals surface area contributed by atoms with Gasteiger partial charge in [0.1, 0.15) is 5.75 Å². The Bertz CT molecular complexity index is 1890. The molecule has 10 nitrogen and oxygen atoms in total. The molecule has 256 valence electrons. The normalized spacial score (nSPS) is 27.2. The van der Waals surface area contributed by atoms with E-state index in [4.69, 9.17) is 4.74 Å². The lowest BCUT2D eigenvalue weighted by Crippen LogP contribution is -2.56. The van der Waals surface area contributed by atoms with E-state index in [0.717, 1.165) is 82.1 Å². The quantitative estimate of drug-likeness (QED) is 0.461. The highest BCUT2D eigenvalue weighted by Crippen LogP contribution is 2.55. The number of hydrogen-bond acceptors (Lipinski definition) is 6. The lowest BCUT2D eigenvalue weighted by atomic mass is 9.75. The fourth-order valence-corrected chi connectivity index (χ4v) is 10.4. The molecule has 1 saturated carbocycles. The average Bonchev–Trinajstić information content (AvgIpc) is 3.62. The molecule has 2 aromatic rings. The Morgan fingerprint density at radius 2 is 1.79 bits per heavy atom. The Labute approximate surface area is 283 Å². The molecule has 8 rings (SSSR count). The van der Waals surface area contributed by atoms with Crippen LogP contribution in [0.2, 0.25) is 0 Å². The molecular formula is C37H47N5O5S. The smallest absolute Gasteiger partial charge is 0.303 e. The van der Waals surface area contributed by atoms with Crippen molar-refractivity contribution in [2.75, 3.05) is 40.8 Å². The van der Waals surface area contributed by atoms with Crippen molar-refractivity contribution in [3.05, 3.63) is 63.9 Å². The maximum Gasteiger partial charge on any atom is 0.303 e. The van der Waals surface area contributed by atoms with Crippen molar-refractivity contribution in [2.45, 2.75) is 88.8 Å². The number of carbonyl (C=O) groups is 2. The first kappa shape index (κ1) is 31.8. The van der Waals surface area contributed by atoms with Gasteiger partial charge in [0.05, 0.1) is 24.1 Å². The summed E-state index contributed by atoms with van der Waals surface area (Å²) in [5.41, 5.74) is 6.56. The Morgan fingerprint density at radius 1 is 1.06 bits per heavy atom. The van der Waals surface area contributed by atoms with Gasteiger partial charge in [-0.1, -0.05) is 44.4 Å². The second-order valence-corrected chi connectivity index (χ2v) is 16.5. The molecule has 1 N–H and O–H groups in total. The molecule has 0 spiro atoms. The number of nitrogens with zero attached hydrogens (tertiary/aromatic N) is 4. The number of hydrogen-bond donors (Lipinski definition) is 1. The molecule has 2 bridgehead atoms. The molecule has 2 saturated heterocycles. The van der Waals surface area contributed by atoms with Gasteiger partial charge in [-0.25, -0.2) is 4.72 Å². The molecule has 6 aliphatic rings. The minimum Gasteiger partial charge on any atom is -0.496 e. The summed E-state index contributed by atoms with van der Waals surface area (Å²) < 4.78 is 37.7. The van der Waals surface area contributed by atoms with Gasteiger partial charge in [-0.2, -0.15) is 12.7 Å². The molecule has 48 heavy (non-hydrogen) atoms. The first-order valence-electron chi connectivity index (χ1n) is 17.8. The summed E-state index contributed by atoms with van der Waals surface area (Å²) in [4.78, 5) is 33.1. The highest BCUT2D eigenvalue weighted by Gasteiger charge is 2.50. The molecule has 3 unspecified atom stereocenters. The Hall–Kier alpha value is -3.41. The number of benzene rings is 1. The number of piperazine rings is 1. The molecule has 3 aliphatic carbocycles. The van der Waals surface area contributed by atoms with Crippen LogP contribution in [0.4, 0.5) is 0 Å². The number of likely N-dealkylation sites (N-methyl/N-ethyl adjacent to an activating group) is 1. The zero-order valence-corrected chi connectivity index (χ0v) is 29.3. The zero-order chi connectivity index (χ0) is 33.5. The van der Waals surface area contributed by atoms with Crippen molar-refractivity contribution in [1.82, 2.24) is 23.4 Å². The van der Waals surface area contributed by atoms with Gasteiger partial charge in [0.15, 0.2) is 0 Å². The van der Waals surface area contributed by atoms with Gasteiger partial charge in [-0.3, -0.25) is 9.59 Å². The second-order valence-electron chi connectivity index (χ2n) is 14.7. The van der Waals surface area contributed by atoms with E-state index in [1.54, 1.807) is 14.0 Å². The van der Waals surface area contributed by atoms with E-state index in [1.807, 2.05) is 0 Å². The van der Waals surface area contributed by atoms with E-state index in [1.165, 1.54) is 31.9 Å². The van der Waals surface area contributed by atoms with Crippen molar-refractivity contribution in [3.8, 4) is 5.75 Å². The molecule has 2 amide bonds. The minimum absolute atomic E-state index is 0.196. The summed E-state index contributed by atoms with van der Waals surface area (Å²) >= 11 is 0. The second kappa shape index (κ2) is 11.9. The van der Waals surface area contributed by atoms with Gasteiger partial charge in [-0.05, 0) is 79.5 Å². The van der Waals surface area contributed by atoms with E-state index >= 15 is 0 Å². The number of nitrogens with one attached hydrogen (secondary N) is 1. The predicted octanol–water partition coefficient (Wildman–Crippen LogP) is 4.60. The number of methoxy groups -OCH3 is 1. The number of allylic oxidation sites excluding steroid dienone is 4.